The van der Waals surface area contributed by atoms with Crippen molar-refractivity contribution in [2.24, 2.45) is 0 Å². The summed E-state index contributed by atoms with van der Waals surface area (Å²) in [6, 6.07) is 11.7. The Kier molecular flexibility index (Phi) is 4.13. The minimum Gasteiger partial charge on any atom is -0.348 e. The number of hydrogen-bond acceptors (Lipinski definition) is 3. The summed E-state index contributed by atoms with van der Waals surface area (Å²) in [6.07, 6.45) is 3.90. The lowest BCUT2D eigenvalue weighted by molar-refractivity contribution is 0.0630. The van der Waals surface area contributed by atoms with Crippen molar-refractivity contribution in [1.82, 2.24) is 24.2 Å². The summed E-state index contributed by atoms with van der Waals surface area (Å²) in [6.45, 7) is 9.68. The zero-order valence-corrected chi connectivity index (χ0v) is 16.3. The molecule has 1 atom stereocenters. The monoisotopic (exact) mass is 363 g/mol. The molecule has 27 heavy (non-hydrogen) atoms. The Bertz CT molecular complexity index is 964. The van der Waals surface area contributed by atoms with Crippen LogP contribution in [0.15, 0.2) is 48.8 Å². The smallest absolute Gasteiger partial charge is 0.256 e. The van der Waals surface area contributed by atoms with Gasteiger partial charge >= 0.3 is 0 Å². The molecule has 1 amide bonds. The molecule has 1 aliphatic rings. The number of carbonyl (C=O) groups is 1. The zero-order chi connectivity index (χ0) is 19.2. The molecule has 3 aromatic rings. The first kappa shape index (κ1) is 17.5. The third-order valence-corrected chi connectivity index (χ3v) is 5.10. The molecule has 3 heterocycles. The molecule has 1 aliphatic heterocycles. The van der Waals surface area contributed by atoms with E-state index in [0.29, 0.717) is 24.5 Å². The number of fused-ring (bicyclic) bond motifs is 1. The van der Waals surface area contributed by atoms with E-state index in [-0.39, 0.29) is 17.5 Å². The van der Waals surface area contributed by atoms with Crippen LogP contribution in [-0.2, 0) is 12.1 Å². The van der Waals surface area contributed by atoms with Gasteiger partial charge in [0.2, 0.25) is 0 Å². The average Bonchev–Trinajstić information content (AvgIpc) is 3.30. The van der Waals surface area contributed by atoms with Crippen molar-refractivity contribution in [1.29, 1.82) is 0 Å². The van der Waals surface area contributed by atoms with Crippen LogP contribution in [0, 0.1) is 0 Å². The van der Waals surface area contributed by atoms with Gasteiger partial charge in [-0.25, -0.2) is 9.67 Å². The molecule has 0 aliphatic carbocycles. The highest BCUT2D eigenvalue weighted by Crippen LogP contribution is 2.28. The first-order valence-corrected chi connectivity index (χ1v) is 9.34. The first-order valence-electron chi connectivity index (χ1n) is 9.34. The van der Waals surface area contributed by atoms with Crippen molar-refractivity contribution in [3.8, 4) is 11.4 Å². The third-order valence-electron chi connectivity index (χ3n) is 5.10. The van der Waals surface area contributed by atoms with Gasteiger partial charge in [0, 0.05) is 30.0 Å². The van der Waals surface area contributed by atoms with Crippen LogP contribution in [0.5, 0.6) is 0 Å². The summed E-state index contributed by atoms with van der Waals surface area (Å²) < 4.78 is 4.00. The summed E-state index contributed by atoms with van der Waals surface area (Å²) in [5, 5.41) is 4.64. The quantitative estimate of drug-likeness (QED) is 0.697. The number of benzene rings is 1. The van der Waals surface area contributed by atoms with Gasteiger partial charge in [-0.3, -0.25) is 4.79 Å². The molecule has 0 unspecified atom stereocenters. The largest absolute Gasteiger partial charge is 0.348 e. The number of nitrogens with zero attached hydrogens (tertiary/aromatic N) is 5. The maximum Gasteiger partial charge on any atom is 0.256 e. The summed E-state index contributed by atoms with van der Waals surface area (Å²) in [7, 11) is 0. The van der Waals surface area contributed by atoms with Gasteiger partial charge in [0.15, 0.2) is 5.82 Å². The molecule has 0 saturated heterocycles. The standard InChI is InChI=1S/C21H25N5O/c1-15-19-22-18(16-8-6-5-7-9-16)23-26(19)13-12-25(15)20(27)17-10-11-24(14-17)21(2,3)4/h5-11,14-15H,12-13H2,1-4H3/t15-/m0/s1. The van der Waals surface area contributed by atoms with E-state index in [1.807, 2.05) is 65.3 Å². The highest BCUT2D eigenvalue weighted by molar-refractivity contribution is 5.94. The van der Waals surface area contributed by atoms with Crippen LogP contribution in [0.1, 0.15) is 49.9 Å². The van der Waals surface area contributed by atoms with Crippen molar-refractivity contribution in [3.63, 3.8) is 0 Å². The fourth-order valence-electron chi connectivity index (χ4n) is 3.46. The third kappa shape index (κ3) is 3.16. The topological polar surface area (TPSA) is 56.0 Å². The second kappa shape index (κ2) is 6.37. The van der Waals surface area contributed by atoms with Crippen molar-refractivity contribution < 1.29 is 4.79 Å². The van der Waals surface area contributed by atoms with Crippen LogP contribution in [0.25, 0.3) is 11.4 Å². The lowest BCUT2D eigenvalue weighted by Gasteiger charge is -2.32. The predicted molar refractivity (Wildman–Crippen MR) is 104 cm³/mol. The molecule has 140 valence electrons. The average molecular weight is 363 g/mol. The SMILES string of the molecule is C[C@H]1c2nc(-c3ccccc3)nn2CCN1C(=O)c1ccn(C(C)(C)C)c1. The lowest BCUT2D eigenvalue weighted by atomic mass is 10.1. The highest BCUT2D eigenvalue weighted by Gasteiger charge is 2.32. The number of rotatable bonds is 2. The Labute approximate surface area is 159 Å². The van der Waals surface area contributed by atoms with Gasteiger partial charge < -0.3 is 9.47 Å². The van der Waals surface area contributed by atoms with Crippen LogP contribution in [0.3, 0.4) is 0 Å². The van der Waals surface area contributed by atoms with E-state index in [0.717, 1.165) is 11.4 Å². The van der Waals surface area contributed by atoms with Gasteiger partial charge in [-0.15, -0.1) is 0 Å². The molecule has 0 saturated carbocycles. The molecule has 0 bridgehead atoms. The first-order chi connectivity index (χ1) is 12.8. The van der Waals surface area contributed by atoms with E-state index >= 15 is 0 Å². The van der Waals surface area contributed by atoms with E-state index in [1.165, 1.54) is 0 Å². The lowest BCUT2D eigenvalue weighted by Crippen LogP contribution is -2.41. The fraction of sp³-hybridized carbons (Fsp3) is 0.381. The number of hydrogen-bond donors (Lipinski definition) is 0. The highest BCUT2D eigenvalue weighted by atomic mass is 16.2. The molecule has 4 rings (SSSR count). The van der Waals surface area contributed by atoms with Crippen LogP contribution in [0.2, 0.25) is 0 Å². The van der Waals surface area contributed by atoms with Gasteiger partial charge in [-0.1, -0.05) is 30.3 Å². The predicted octanol–water partition coefficient (Wildman–Crippen LogP) is 3.72. The van der Waals surface area contributed by atoms with Gasteiger partial charge in [-0.05, 0) is 33.8 Å². The minimum absolute atomic E-state index is 0.0426. The molecule has 0 N–H and O–H groups in total. The van der Waals surface area contributed by atoms with Crippen molar-refractivity contribution in [2.45, 2.75) is 45.8 Å². The number of aromatic nitrogens is 4. The molecular formula is C21H25N5O. The number of amides is 1. The molecule has 0 spiro atoms. The Morgan fingerprint density at radius 3 is 2.52 bits per heavy atom. The van der Waals surface area contributed by atoms with Crippen molar-refractivity contribution in [3.05, 3.63) is 60.2 Å². The second-order valence-electron chi connectivity index (χ2n) is 8.04. The summed E-state index contributed by atoms with van der Waals surface area (Å²) in [5.41, 5.74) is 1.66. The molecule has 2 aromatic heterocycles. The molecular weight excluding hydrogens is 338 g/mol. The summed E-state index contributed by atoms with van der Waals surface area (Å²) >= 11 is 0. The molecule has 1 aromatic carbocycles. The Morgan fingerprint density at radius 1 is 1.11 bits per heavy atom. The van der Waals surface area contributed by atoms with E-state index in [4.69, 9.17) is 4.98 Å². The van der Waals surface area contributed by atoms with Crippen LogP contribution >= 0.6 is 0 Å². The van der Waals surface area contributed by atoms with E-state index in [1.54, 1.807) is 0 Å². The van der Waals surface area contributed by atoms with Gasteiger partial charge in [-0.2, -0.15) is 5.10 Å². The zero-order valence-electron chi connectivity index (χ0n) is 16.3. The van der Waals surface area contributed by atoms with Gasteiger partial charge in [0.1, 0.15) is 5.82 Å². The molecule has 0 radical (unpaired) electrons. The maximum absolute atomic E-state index is 13.1. The van der Waals surface area contributed by atoms with Gasteiger partial charge in [0.05, 0.1) is 18.2 Å². The van der Waals surface area contributed by atoms with Crippen LogP contribution < -0.4 is 0 Å². The minimum atomic E-state index is -0.116. The van der Waals surface area contributed by atoms with Crippen molar-refractivity contribution in [2.75, 3.05) is 6.54 Å². The summed E-state index contributed by atoms with van der Waals surface area (Å²) in [5.74, 6) is 1.59. The molecule has 0 fully saturated rings. The van der Waals surface area contributed by atoms with E-state index in [2.05, 4.69) is 30.4 Å². The molecule has 6 nitrogen and oxygen atoms in total. The van der Waals surface area contributed by atoms with E-state index < -0.39 is 0 Å². The normalized spacial score (nSPS) is 17.0. The Balaban J connectivity index is 1.60. The number of carbonyl (C=O) groups excluding carboxylic acids is 1. The fourth-order valence-corrected chi connectivity index (χ4v) is 3.46. The maximum atomic E-state index is 13.1. The Hall–Kier alpha value is -2.89. The van der Waals surface area contributed by atoms with Crippen molar-refractivity contribution >= 4 is 5.91 Å². The summed E-state index contributed by atoms with van der Waals surface area (Å²) in [4.78, 5) is 19.7. The van der Waals surface area contributed by atoms with E-state index in [9.17, 15) is 4.79 Å². The van der Waals surface area contributed by atoms with Gasteiger partial charge in [0.25, 0.3) is 5.91 Å². The Morgan fingerprint density at radius 2 is 1.85 bits per heavy atom. The second-order valence-corrected chi connectivity index (χ2v) is 8.04. The molecule has 6 heteroatoms. The van der Waals surface area contributed by atoms with Crippen LogP contribution in [-0.4, -0.2) is 36.7 Å². The van der Waals surface area contributed by atoms with Crippen LogP contribution in [0.4, 0.5) is 0 Å².